The van der Waals surface area contributed by atoms with E-state index in [0.717, 1.165) is 59.6 Å². The Bertz CT molecular complexity index is 1390. The van der Waals surface area contributed by atoms with Gasteiger partial charge in [-0.1, -0.05) is 104 Å². The van der Waals surface area contributed by atoms with E-state index in [9.17, 15) is 5.11 Å². The first-order chi connectivity index (χ1) is 20.5. The second-order valence-corrected chi connectivity index (χ2v) is 10.2. The zero-order chi connectivity index (χ0) is 30.0. The summed E-state index contributed by atoms with van der Waals surface area (Å²) in [4.78, 5) is 0. The number of rotatable bonds is 9. The molecule has 5 aromatic rings. The monoisotopic (exact) mass is 735 g/mol. The third kappa shape index (κ3) is 13.0. The van der Waals surface area contributed by atoms with Gasteiger partial charge in [-0.25, -0.2) is 0 Å². The molecule has 4 heteroatoms. The summed E-state index contributed by atoms with van der Waals surface area (Å²) >= 11 is 0. The first-order valence-corrected chi connectivity index (χ1v) is 14.5. The van der Waals surface area contributed by atoms with Crippen molar-refractivity contribution in [1.29, 1.82) is 0 Å². The topological polar surface area (TPSA) is 46.4 Å². The van der Waals surface area contributed by atoms with Crippen LogP contribution in [-0.4, -0.2) is 24.7 Å². The van der Waals surface area contributed by atoms with Crippen LogP contribution in [0.2, 0.25) is 0 Å². The van der Waals surface area contributed by atoms with Gasteiger partial charge in [0, 0.05) is 5.56 Å². The van der Waals surface area contributed by atoms with Gasteiger partial charge in [-0.3, -0.25) is 0 Å². The Hall–Kier alpha value is -3.73. The molecule has 0 aromatic heterocycles. The van der Waals surface area contributed by atoms with Crippen molar-refractivity contribution in [3.8, 4) is 16.9 Å². The maximum Gasteiger partial charge on any atom is 4.00 e. The summed E-state index contributed by atoms with van der Waals surface area (Å²) in [7, 11) is 0. The zero-order valence-corrected chi connectivity index (χ0v) is 29.0. The van der Waals surface area contributed by atoms with Crippen LogP contribution in [0.5, 0.6) is 5.75 Å². The van der Waals surface area contributed by atoms with Gasteiger partial charge in [0.25, 0.3) is 0 Å². The Balaban J connectivity index is 0.000000350. The molecular formula is C39H43HfN2O+. The normalized spacial score (nSPS) is 9.93. The fourth-order valence-corrected chi connectivity index (χ4v) is 4.32. The number of hydrogen-bond acceptors (Lipinski definition) is 2. The summed E-state index contributed by atoms with van der Waals surface area (Å²) in [5.41, 5.74) is 7.43. The molecule has 0 amide bonds. The molecule has 0 aliphatic rings. The Kier molecular flexibility index (Phi) is 16.7. The van der Waals surface area contributed by atoms with Crippen molar-refractivity contribution in [3.05, 3.63) is 175 Å². The fraction of sp³-hybridized carbons (Fsp3) is 0.179. The van der Waals surface area contributed by atoms with Crippen molar-refractivity contribution in [2.24, 2.45) is 0 Å². The van der Waals surface area contributed by atoms with Crippen molar-refractivity contribution in [2.75, 3.05) is 19.6 Å². The molecule has 0 unspecified atom stereocenters. The Labute approximate surface area is 278 Å². The van der Waals surface area contributed by atoms with E-state index in [4.69, 9.17) is 5.32 Å². The first-order valence-electron chi connectivity index (χ1n) is 14.5. The largest absolute Gasteiger partial charge is 4.00 e. The molecule has 0 aliphatic carbocycles. The van der Waals surface area contributed by atoms with E-state index in [1.807, 2.05) is 115 Å². The summed E-state index contributed by atoms with van der Waals surface area (Å²) < 4.78 is 0. The van der Waals surface area contributed by atoms with Crippen LogP contribution in [0.15, 0.2) is 133 Å². The van der Waals surface area contributed by atoms with Crippen LogP contribution < -0.4 is 5.32 Å². The first kappa shape index (κ1) is 35.5. The SMILES string of the molecule is CC(C)c1ccccc1[N-]CCNCCc1cccc(-c2ccccc2)c1O.[CH2-]c1ccccc1.[CH2-]c1ccccc1.[Hf+4]. The number of phenols is 1. The second-order valence-electron chi connectivity index (χ2n) is 10.2. The number of nitrogens with zero attached hydrogens (tertiary/aromatic N) is 1. The van der Waals surface area contributed by atoms with Gasteiger partial charge in [0.1, 0.15) is 5.75 Å². The van der Waals surface area contributed by atoms with Gasteiger partial charge in [0.2, 0.25) is 0 Å². The van der Waals surface area contributed by atoms with Crippen molar-refractivity contribution < 1.29 is 30.9 Å². The fourth-order valence-electron chi connectivity index (χ4n) is 4.32. The molecule has 43 heavy (non-hydrogen) atoms. The van der Waals surface area contributed by atoms with Crippen molar-refractivity contribution in [3.63, 3.8) is 0 Å². The van der Waals surface area contributed by atoms with Crippen LogP contribution in [0, 0.1) is 13.8 Å². The predicted octanol–water partition coefficient (Wildman–Crippen LogP) is 9.76. The van der Waals surface area contributed by atoms with E-state index in [1.54, 1.807) is 0 Å². The van der Waals surface area contributed by atoms with Gasteiger partial charge < -0.3 is 15.7 Å². The van der Waals surface area contributed by atoms with E-state index < -0.39 is 0 Å². The van der Waals surface area contributed by atoms with Crippen LogP contribution in [0.3, 0.4) is 0 Å². The number of phenolic OH excluding ortho intramolecular Hbond substituents is 1. The molecule has 3 nitrogen and oxygen atoms in total. The van der Waals surface area contributed by atoms with Gasteiger partial charge >= 0.3 is 25.8 Å². The van der Waals surface area contributed by atoms with Crippen molar-refractivity contribution >= 4 is 5.69 Å². The van der Waals surface area contributed by atoms with Crippen LogP contribution >= 0.6 is 0 Å². The minimum atomic E-state index is 0. The molecule has 0 bridgehead atoms. The molecule has 5 aromatic carbocycles. The quantitative estimate of drug-likeness (QED) is 0.0901. The summed E-state index contributed by atoms with van der Waals surface area (Å²) in [6, 6.07) is 44.1. The zero-order valence-electron chi connectivity index (χ0n) is 25.4. The molecule has 0 radical (unpaired) electrons. The Morgan fingerprint density at radius 1 is 0.651 bits per heavy atom. The Morgan fingerprint density at radius 3 is 1.72 bits per heavy atom. The van der Waals surface area contributed by atoms with Gasteiger partial charge in [-0.15, -0.1) is 36.5 Å². The second kappa shape index (κ2) is 20.2. The smallest absolute Gasteiger partial charge is 0.683 e. The van der Waals surface area contributed by atoms with Gasteiger partial charge in [0.05, 0.1) is 0 Å². The molecule has 2 N–H and O–H groups in total. The average molecular weight is 734 g/mol. The molecule has 0 spiro atoms. The maximum absolute atomic E-state index is 10.6. The standard InChI is InChI=1S/C25H29N2O.2C7H7.Hf/c1-19(2)22-12-6-7-14-24(22)27-18-17-26-16-15-21-11-8-13-23(25(21)28)20-9-4-3-5-10-20;2*1-7-5-3-2-4-6-7;/h3-14,19,26,28H,15-18H2,1-2H3;2*2-6H,1H2;/q3*-1;+4. The summed E-state index contributed by atoms with van der Waals surface area (Å²) in [6.45, 7) is 14.2. The van der Waals surface area contributed by atoms with Gasteiger partial charge in [-0.2, -0.15) is 49.2 Å². The van der Waals surface area contributed by atoms with Crippen LogP contribution in [0.25, 0.3) is 16.4 Å². The van der Waals surface area contributed by atoms with E-state index in [0.29, 0.717) is 11.7 Å². The summed E-state index contributed by atoms with van der Waals surface area (Å²) in [5.74, 6) is 0.860. The number of hydrogen-bond donors (Lipinski definition) is 2. The predicted molar refractivity (Wildman–Crippen MR) is 180 cm³/mol. The molecule has 0 atom stereocenters. The van der Waals surface area contributed by atoms with E-state index in [1.165, 1.54) is 5.56 Å². The minimum absolute atomic E-state index is 0. The molecule has 218 valence electrons. The van der Waals surface area contributed by atoms with Gasteiger partial charge in [0.15, 0.2) is 0 Å². The van der Waals surface area contributed by atoms with Crippen molar-refractivity contribution in [2.45, 2.75) is 26.2 Å². The molecule has 0 heterocycles. The van der Waals surface area contributed by atoms with E-state index in [-0.39, 0.29) is 25.8 Å². The third-order valence-electron chi connectivity index (χ3n) is 6.59. The summed E-state index contributed by atoms with van der Waals surface area (Å²) in [5, 5.41) is 18.8. The van der Waals surface area contributed by atoms with Gasteiger partial charge in [-0.05, 0) is 36.6 Å². The number of nitrogens with one attached hydrogen (secondary N) is 1. The summed E-state index contributed by atoms with van der Waals surface area (Å²) in [6.07, 6.45) is 0.787. The Morgan fingerprint density at radius 2 is 1.19 bits per heavy atom. The molecule has 0 saturated heterocycles. The third-order valence-corrected chi connectivity index (χ3v) is 6.59. The van der Waals surface area contributed by atoms with Crippen LogP contribution in [0.4, 0.5) is 5.69 Å². The molecule has 0 saturated carbocycles. The minimum Gasteiger partial charge on any atom is -0.683 e. The molecule has 0 aliphatic heterocycles. The van der Waals surface area contributed by atoms with Crippen LogP contribution in [0.1, 0.15) is 42.0 Å². The molecule has 0 fully saturated rings. The molecular weight excluding hydrogens is 691 g/mol. The van der Waals surface area contributed by atoms with E-state index >= 15 is 0 Å². The maximum atomic E-state index is 10.6. The number of benzene rings is 5. The van der Waals surface area contributed by atoms with Crippen molar-refractivity contribution in [1.82, 2.24) is 5.32 Å². The number of aromatic hydroxyl groups is 1. The molecule has 5 rings (SSSR count). The average Bonchev–Trinajstić information content (AvgIpc) is 3.01. The van der Waals surface area contributed by atoms with Crippen LogP contribution in [-0.2, 0) is 32.3 Å². The number of para-hydroxylation sites is 2. The van der Waals surface area contributed by atoms with E-state index in [2.05, 4.69) is 51.2 Å².